The van der Waals surface area contributed by atoms with Gasteiger partial charge >= 0.3 is 0 Å². The lowest BCUT2D eigenvalue weighted by Crippen LogP contribution is -2.32. The standard InChI is InChI=1S/C14H17N3O3.ClH/c1-19-9-11-7-13(17-20-11)14(18)16-8-12(15)10-5-3-2-4-6-10;/h2-7,12H,8-9,15H2,1H3,(H,16,18);1H. The maximum atomic E-state index is 11.9. The zero-order valence-corrected chi connectivity index (χ0v) is 12.4. The quantitative estimate of drug-likeness (QED) is 0.847. The Balaban J connectivity index is 0.00000220. The summed E-state index contributed by atoms with van der Waals surface area (Å²) in [7, 11) is 1.54. The fourth-order valence-electron chi connectivity index (χ4n) is 1.74. The van der Waals surface area contributed by atoms with Gasteiger partial charge in [-0.3, -0.25) is 4.79 Å². The van der Waals surface area contributed by atoms with Gasteiger partial charge in [-0.1, -0.05) is 35.5 Å². The maximum Gasteiger partial charge on any atom is 0.273 e. The van der Waals surface area contributed by atoms with E-state index in [0.29, 0.717) is 12.3 Å². The molecule has 0 saturated heterocycles. The van der Waals surface area contributed by atoms with E-state index in [9.17, 15) is 4.79 Å². The number of ether oxygens (including phenoxy) is 1. The average Bonchev–Trinajstić information content (AvgIpc) is 2.94. The van der Waals surface area contributed by atoms with Gasteiger partial charge in [0.15, 0.2) is 11.5 Å². The molecule has 7 heteroatoms. The average molecular weight is 312 g/mol. The van der Waals surface area contributed by atoms with Gasteiger partial charge in [-0.25, -0.2) is 0 Å². The highest BCUT2D eigenvalue weighted by molar-refractivity contribution is 5.92. The van der Waals surface area contributed by atoms with E-state index in [4.69, 9.17) is 15.0 Å². The molecule has 0 fully saturated rings. The molecule has 2 aromatic rings. The van der Waals surface area contributed by atoms with Crippen molar-refractivity contribution in [3.05, 3.63) is 53.4 Å². The Labute approximate surface area is 129 Å². The zero-order valence-electron chi connectivity index (χ0n) is 11.6. The lowest BCUT2D eigenvalue weighted by Gasteiger charge is -2.12. The lowest BCUT2D eigenvalue weighted by molar-refractivity contribution is 0.0941. The Hall–Kier alpha value is -1.89. The Morgan fingerprint density at radius 3 is 2.81 bits per heavy atom. The van der Waals surface area contributed by atoms with Gasteiger partial charge in [0.05, 0.1) is 0 Å². The second-order valence-electron chi connectivity index (χ2n) is 4.34. The van der Waals surface area contributed by atoms with Crippen LogP contribution >= 0.6 is 12.4 Å². The first kappa shape index (κ1) is 17.2. The highest BCUT2D eigenvalue weighted by Crippen LogP contribution is 2.09. The van der Waals surface area contributed by atoms with Crippen molar-refractivity contribution < 1.29 is 14.1 Å². The third-order valence-electron chi connectivity index (χ3n) is 2.79. The van der Waals surface area contributed by atoms with Crippen LogP contribution in [0.2, 0.25) is 0 Å². The van der Waals surface area contributed by atoms with Crippen LogP contribution in [-0.2, 0) is 11.3 Å². The number of benzene rings is 1. The molecule has 2 rings (SSSR count). The highest BCUT2D eigenvalue weighted by Gasteiger charge is 2.14. The number of methoxy groups -OCH3 is 1. The second-order valence-corrected chi connectivity index (χ2v) is 4.34. The van der Waals surface area contributed by atoms with E-state index in [-0.39, 0.29) is 36.7 Å². The summed E-state index contributed by atoms with van der Waals surface area (Å²) in [6.45, 7) is 0.610. The Morgan fingerprint density at radius 2 is 2.14 bits per heavy atom. The summed E-state index contributed by atoms with van der Waals surface area (Å²) in [4.78, 5) is 11.9. The molecule has 1 aromatic carbocycles. The summed E-state index contributed by atoms with van der Waals surface area (Å²) in [5, 5.41) is 6.40. The number of rotatable bonds is 6. The van der Waals surface area contributed by atoms with Crippen molar-refractivity contribution in [3.8, 4) is 0 Å². The SMILES string of the molecule is COCc1cc(C(=O)NCC(N)c2ccccc2)no1.Cl. The van der Waals surface area contributed by atoms with Gasteiger partial charge in [-0.15, -0.1) is 12.4 Å². The summed E-state index contributed by atoms with van der Waals surface area (Å²) in [6.07, 6.45) is 0. The zero-order chi connectivity index (χ0) is 14.4. The first-order chi connectivity index (χ1) is 9.70. The normalized spacial score (nSPS) is 11.5. The van der Waals surface area contributed by atoms with Crippen molar-refractivity contribution in [2.24, 2.45) is 5.73 Å². The Bertz CT molecular complexity index is 560. The fourth-order valence-corrected chi connectivity index (χ4v) is 1.74. The number of nitrogens with zero attached hydrogens (tertiary/aromatic N) is 1. The molecule has 0 aliphatic rings. The Kier molecular flexibility index (Phi) is 6.87. The maximum absolute atomic E-state index is 11.9. The van der Waals surface area contributed by atoms with E-state index in [1.54, 1.807) is 13.2 Å². The van der Waals surface area contributed by atoms with Crippen LogP contribution in [0.4, 0.5) is 0 Å². The lowest BCUT2D eigenvalue weighted by atomic mass is 10.1. The molecule has 0 saturated carbocycles. The molecule has 1 unspecified atom stereocenters. The van der Waals surface area contributed by atoms with Crippen LogP contribution in [-0.4, -0.2) is 24.7 Å². The smallest absolute Gasteiger partial charge is 0.273 e. The van der Waals surface area contributed by atoms with E-state index in [0.717, 1.165) is 5.56 Å². The summed E-state index contributed by atoms with van der Waals surface area (Å²) < 4.78 is 9.84. The summed E-state index contributed by atoms with van der Waals surface area (Å²) in [6, 6.07) is 10.9. The molecule has 114 valence electrons. The molecule has 3 N–H and O–H groups in total. The minimum absolute atomic E-state index is 0. The van der Waals surface area contributed by atoms with Crippen molar-refractivity contribution in [3.63, 3.8) is 0 Å². The first-order valence-corrected chi connectivity index (χ1v) is 6.24. The van der Waals surface area contributed by atoms with Gasteiger partial charge in [-0.2, -0.15) is 0 Å². The van der Waals surface area contributed by atoms with Crippen LogP contribution in [0, 0.1) is 0 Å². The molecule has 0 aliphatic heterocycles. The molecule has 1 amide bonds. The summed E-state index contributed by atoms with van der Waals surface area (Å²) in [5.41, 5.74) is 7.18. The van der Waals surface area contributed by atoms with Crippen molar-refractivity contribution in [2.75, 3.05) is 13.7 Å². The highest BCUT2D eigenvalue weighted by atomic mass is 35.5. The minimum Gasteiger partial charge on any atom is -0.377 e. The third-order valence-corrected chi connectivity index (χ3v) is 2.79. The molecular formula is C14H18ClN3O3. The first-order valence-electron chi connectivity index (χ1n) is 6.24. The number of carbonyl (C=O) groups is 1. The van der Waals surface area contributed by atoms with E-state index >= 15 is 0 Å². The van der Waals surface area contributed by atoms with Crippen LogP contribution in [0.25, 0.3) is 0 Å². The van der Waals surface area contributed by atoms with Gasteiger partial charge < -0.3 is 20.3 Å². The molecule has 0 radical (unpaired) electrons. The summed E-state index contributed by atoms with van der Waals surface area (Å²) in [5.74, 6) is 0.187. The molecule has 21 heavy (non-hydrogen) atoms. The number of amides is 1. The summed E-state index contributed by atoms with van der Waals surface area (Å²) >= 11 is 0. The van der Waals surface area contributed by atoms with E-state index in [2.05, 4.69) is 10.5 Å². The van der Waals surface area contributed by atoms with Crippen LogP contribution in [0.15, 0.2) is 40.9 Å². The van der Waals surface area contributed by atoms with Crippen molar-refractivity contribution in [1.82, 2.24) is 10.5 Å². The van der Waals surface area contributed by atoms with Gasteiger partial charge in [0.1, 0.15) is 6.61 Å². The van der Waals surface area contributed by atoms with Crippen molar-refractivity contribution in [1.29, 1.82) is 0 Å². The number of aromatic nitrogens is 1. The van der Waals surface area contributed by atoms with Crippen molar-refractivity contribution in [2.45, 2.75) is 12.6 Å². The number of nitrogens with one attached hydrogen (secondary N) is 1. The van der Waals surface area contributed by atoms with E-state index in [1.807, 2.05) is 30.3 Å². The predicted molar refractivity (Wildman–Crippen MR) is 80.2 cm³/mol. The fraction of sp³-hybridized carbons (Fsp3) is 0.286. The van der Waals surface area contributed by atoms with E-state index < -0.39 is 0 Å². The molecule has 0 aliphatic carbocycles. The molecular weight excluding hydrogens is 294 g/mol. The number of hydrogen-bond acceptors (Lipinski definition) is 5. The number of carbonyl (C=O) groups excluding carboxylic acids is 1. The van der Waals surface area contributed by atoms with E-state index in [1.165, 1.54) is 0 Å². The van der Waals surface area contributed by atoms with Crippen LogP contribution in [0.1, 0.15) is 27.9 Å². The molecule has 0 spiro atoms. The topological polar surface area (TPSA) is 90.4 Å². The van der Waals surface area contributed by atoms with Gasteiger partial charge in [0, 0.05) is 25.8 Å². The van der Waals surface area contributed by atoms with Crippen molar-refractivity contribution >= 4 is 18.3 Å². The predicted octanol–water partition coefficient (Wildman–Crippen LogP) is 1.67. The molecule has 1 heterocycles. The van der Waals surface area contributed by atoms with Gasteiger partial charge in [0.2, 0.25) is 0 Å². The number of halogens is 1. The molecule has 1 aromatic heterocycles. The molecule has 1 atom stereocenters. The number of hydrogen-bond donors (Lipinski definition) is 2. The van der Waals surface area contributed by atoms with Gasteiger partial charge in [0.25, 0.3) is 5.91 Å². The Morgan fingerprint density at radius 1 is 1.43 bits per heavy atom. The molecule has 0 bridgehead atoms. The van der Waals surface area contributed by atoms with Crippen LogP contribution in [0.3, 0.4) is 0 Å². The number of nitrogens with two attached hydrogens (primary N) is 1. The van der Waals surface area contributed by atoms with Gasteiger partial charge in [-0.05, 0) is 5.56 Å². The second kappa shape index (κ2) is 8.41. The third kappa shape index (κ3) is 4.86. The minimum atomic E-state index is -0.317. The van der Waals surface area contributed by atoms with Crippen LogP contribution in [0.5, 0.6) is 0 Å². The largest absolute Gasteiger partial charge is 0.377 e. The van der Waals surface area contributed by atoms with Crippen LogP contribution < -0.4 is 11.1 Å². The molecule has 6 nitrogen and oxygen atoms in total. The monoisotopic (exact) mass is 311 g/mol.